The molecule has 1 aromatic rings. The second-order valence-corrected chi connectivity index (χ2v) is 8.50. The SMILES string of the molecule is O=C(C1CC1)N1CCC(N2CCC[C@@H](CCc3ccc(F)cc3)C2)CC1. The quantitative estimate of drug-likeness (QED) is 0.798. The summed E-state index contributed by atoms with van der Waals surface area (Å²) in [5.41, 5.74) is 1.25. The molecule has 1 aliphatic carbocycles. The monoisotopic (exact) mass is 358 g/mol. The van der Waals surface area contributed by atoms with Crippen LogP contribution in [-0.4, -0.2) is 47.9 Å². The highest BCUT2D eigenvalue weighted by Crippen LogP contribution is 2.33. The van der Waals surface area contributed by atoms with Crippen LogP contribution in [0.25, 0.3) is 0 Å². The van der Waals surface area contributed by atoms with Crippen LogP contribution < -0.4 is 0 Å². The summed E-state index contributed by atoms with van der Waals surface area (Å²) in [6, 6.07) is 7.63. The van der Waals surface area contributed by atoms with Gasteiger partial charge in [-0.05, 0) is 81.5 Å². The first-order valence-corrected chi connectivity index (χ1v) is 10.5. The Morgan fingerprint density at radius 3 is 2.42 bits per heavy atom. The number of nitrogens with zero attached hydrogens (tertiary/aromatic N) is 2. The van der Waals surface area contributed by atoms with E-state index in [1.165, 1.54) is 37.9 Å². The summed E-state index contributed by atoms with van der Waals surface area (Å²) < 4.78 is 13.0. The van der Waals surface area contributed by atoms with Gasteiger partial charge in [-0.2, -0.15) is 0 Å². The minimum atomic E-state index is -0.149. The van der Waals surface area contributed by atoms with Crippen LogP contribution in [0.2, 0.25) is 0 Å². The van der Waals surface area contributed by atoms with Crippen LogP contribution in [0.3, 0.4) is 0 Å². The molecule has 2 saturated heterocycles. The molecule has 1 atom stereocenters. The average Bonchev–Trinajstić information content (AvgIpc) is 3.53. The largest absolute Gasteiger partial charge is 0.342 e. The molecular formula is C22H31FN2O. The third-order valence-electron chi connectivity index (χ3n) is 6.52. The number of carbonyl (C=O) groups is 1. The first-order chi connectivity index (χ1) is 12.7. The van der Waals surface area contributed by atoms with Crippen LogP contribution in [-0.2, 0) is 11.2 Å². The van der Waals surface area contributed by atoms with Gasteiger partial charge in [-0.3, -0.25) is 9.69 Å². The molecule has 1 aromatic carbocycles. The molecule has 3 fully saturated rings. The Labute approximate surface area is 156 Å². The maximum absolute atomic E-state index is 13.0. The molecule has 3 aliphatic rings. The molecule has 1 saturated carbocycles. The number of hydrogen-bond donors (Lipinski definition) is 0. The minimum Gasteiger partial charge on any atom is -0.342 e. The number of likely N-dealkylation sites (tertiary alicyclic amines) is 2. The van der Waals surface area contributed by atoms with Crippen LogP contribution >= 0.6 is 0 Å². The van der Waals surface area contributed by atoms with E-state index in [0.717, 1.165) is 51.1 Å². The van der Waals surface area contributed by atoms with E-state index in [9.17, 15) is 9.18 Å². The summed E-state index contributed by atoms with van der Waals surface area (Å²) in [5, 5.41) is 0. The van der Waals surface area contributed by atoms with Crippen LogP contribution in [0.4, 0.5) is 4.39 Å². The zero-order valence-corrected chi connectivity index (χ0v) is 15.7. The topological polar surface area (TPSA) is 23.6 Å². The molecule has 0 spiro atoms. The number of piperidine rings is 2. The fourth-order valence-electron chi connectivity index (χ4n) is 4.73. The van der Waals surface area contributed by atoms with Crippen molar-refractivity contribution >= 4 is 5.91 Å². The zero-order valence-electron chi connectivity index (χ0n) is 15.7. The predicted molar refractivity (Wildman–Crippen MR) is 101 cm³/mol. The molecule has 1 amide bonds. The van der Waals surface area contributed by atoms with Gasteiger partial charge in [0.15, 0.2) is 0 Å². The highest BCUT2D eigenvalue weighted by atomic mass is 19.1. The van der Waals surface area contributed by atoms with E-state index >= 15 is 0 Å². The lowest BCUT2D eigenvalue weighted by atomic mass is 9.89. The summed E-state index contributed by atoms with van der Waals surface area (Å²) in [5.74, 6) is 1.38. The summed E-state index contributed by atoms with van der Waals surface area (Å²) in [6.07, 6.45) is 9.35. The first kappa shape index (κ1) is 18.0. The van der Waals surface area contributed by atoms with Crippen molar-refractivity contribution in [2.45, 2.75) is 57.4 Å². The second kappa shape index (κ2) is 8.08. The summed E-state index contributed by atoms with van der Waals surface area (Å²) in [7, 11) is 0. The minimum absolute atomic E-state index is 0.149. The van der Waals surface area contributed by atoms with Gasteiger partial charge in [0.05, 0.1) is 0 Å². The second-order valence-electron chi connectivity index (χ2n) is 8.50. The number of amides is 1. The van der Waals surface area contributed by atoms with Crippen molar-refractivity contribution < 1.29 is 9.18 Å². The molecule has 0 aromatic heterocycles. The van der Waals surface area contributed by atoms with E-state index in [4.69, 9.17) is 0 Å². The van der Waals surface area contributed by atoms with E-state index in [2.05, 4.69) is 9.80 Å². The number of aryl methyl sites for hydroxylation is 1. The van der Waals surface area contributed by atoms with Crippen LogP contribution in [0, 0.1) is 17.7 Å². The highest BCUT2D eigenvalue weighted by Gasteiger charge is 2.36. The van der Waals surface area contributed by atoms with E-state index in [-0.39, 0.29) is 5.82 Å². The number of halogens is 1. The number of rotatable bonds is 5. The maximum atomic E-state index is 13.0. The lowest BCUT2D eigenvalue weighted by Crippen LogP contribution is -2.50. The van der Waals surface area contributed by atoms with Gasteiger partial charge >= 0.3 is 0 Å². The molecule has 0 radical (unpaired) electrons. The van der Waals surface area contributed by atoms with E-state index in [1.54, 1.807) is 12.1 Å². The van der Waals surface area contributed by atoms with Crippen molar-refractivity contribution in [1.29, 1.82) is 0 Å². The predicted octanol–water partition coefficient (Wildman–Crippen LogP) is 3.87. The Balaban J connectivity index is 1.23. The third-order valence-corrected chi connectivity index (χ3v) is 6.52. The maximum Gasteiger partial charge on any atom is 0.225 e. The van der Waals surface area contributed by atoms with Gasteiger partial charge in [-0.15, -0.1) is 0 Å². The van der Waals surface area contributed by atoms with Gasteiger partial charge in [0, 0.05) is 31.6 Å². The molecule has 142 valence electrons. The van der Waals surface area contributed by atoms with Gasteiger partial charge in [-0.25, -0.2) is 4.39 Å². The Morgan fingerprint density at radius 2 is 1.73 bits per heavy atom. The van der Waals surface area contributed by atoms with Gasteiger partial charge in [0.1, 0.15) is 5.82 Å². The normalized spacial score (nSPS) is 25.4. The van der Waals surface area contributed by atoms with Gasteiger partial charge < -0.3 is 4.90 Å². The van der Waals surface area contributed by atoms with Crippen molar-refractivity contribution in [1.82, 2.24) is 9.80 Å². The molecular weight excluding hydrogens is 327 g/mol. The first-order valence-electron chi connectivity index (χ1n) is 10.5. The smallest absolute Gasteiger partial charge is 0.225 e. The Hall–Kier alpha value is -1.42. The molecule has 4 rings (SSSR count). The van der Waals surface area contributed by atoms with Gasteiger partial charge in [-0.1, -0.05) is 12.1 Å². The summed E-state index contributed by atoms with van der Waals surface area (Å²) in [6.45, 7) is 4.32. The molecule has 0 bridgehead atoms. The molecule has 26 heavy (non-hydrogen) atoms. The fourth-order valence-corrected chi connectivity index (χ4v) is 4.73. The zero-order chi connectivity index (χ0) is 17.9. The Kier molecular flexibility index (Phi) is 5.58. The Morgan fingerprint density at radius 1 is 1.00 bits per heavy atom. The van der Waals surface area contributed by atoms with Crippen molar-refractivity contribution in [2.75, 3.05) is 26.2 Å². The van der Waals surface area contributed by atoms with E-state index in [1.807, 2.05) is 12.1 Å². The highest BCUT2D eigenvalue weighted by molar-refractivity contribution is 5.81. The molecule has 3 nitrogen and oxygen atoms in total. The number of hydrogen-bond acceptors (Lipinski definition) is 2. The number of benzene rings is 1. The van der Waals surface area contributed by atoms with E-state index < -0.39 is 0 Å². The van der Waals surface area contributed by atoms with Crippen molar-refractivity contribution in [3.05, 3.63) is 35.6 Å². The molecule has 2 heterocycles. The Bertz CT molecular complexity index is 605. The van der Waals surface area contributed by atoms with Crippen LogP contribution in [0.1, 0.15) is 50.5 Å². The van der Waals surface area contributed by atoms with Crippen LogP contribution in [0.5, 0.6) is 0 Å². The average molecular weight is 359 g/mol. The molecule has 4 heteroatoms. The molecule has 0 N–H and O–H groups in total. The number of carbonyl (C=O) groups excluding carboxylic acids is 1. The summed E-state index contributed by atoms with van der Waals surface area (Å²) in [4.78, 5) is 17.0. The summed E-state index contributed by atoms with van der Waals surface area (Å²) >= 11 is 0. The molecule has 0 unspecified atom stereocenters. The van der Waals surface area contributed by atoms with Crippen LogP contribution in [0.15, 0.2) is 24.3 Å². The third kappa shape index (κ3) is 4.46. The van der Waals surface area contributed by atoms with Gasteiger partial charge in [0.2, 0.25) is 5.91 Å². The fraction of sp³-hybridized carbons (Fsp3) is 0.682. The van der Waals surface area contributed by atoms with Crippen molar-refractivity contribution in [3.63, 3.8) is 0 Å². The van der Waals surface area contributed by atoms with Crippen molar-refractivity contribution in [2.24, 2.45) is 11.8 Å². The van der Waals surface area contributed by atoms with Crippen molar-refractivity contribution in [3.8, 4) is 0 Å². The van der Waals surface area contributed by atoms with Gasteiger partial charge in [0.25, 0.3) is 0 Å². The lowest BCUT2D eigenvalue weighted by molar-refractivity contribution is -0.134. The van der Waals surface area contributed by atoms with E-state index in [0.29, 0.717) is 17.9 Å². The standard InChI is InChI=1S/C22H31FN2O/c23-20-9-5-17(6-10-20)3-4-18-2-1-13-25(16-18)21-11-14-24(15-12-21)22(26)19-7-8-19/h5-6,9-10,18-19,21H,1-4,7-8,11-16H2/t18-/m0/s1. The lowest BCUT2D eigenvalue weighted by Gasteiger charge is -2.42. The molecule has 2 aliphatic heterocycles.